The van der Waals surface area contributed by atoms with Gasteiger partial charge in [0.15, 0.2) is 0 Å². The Bertz CT molecular complexity index is 1740. The van der Waals surface area contributed by atoms with E-state index in [1.807, 2.05) is 12.1 Å². The summed E-state index contributed by atoms with van der Waals surface area (Å²) >= 11 is 0. The zero-order valence-corrected chi connectivity index (χ0v) is 26.4. The van der Waals surface area contributed by atoms with Gasteiger partial charge in [-0.25, -0.2) is 14.8 Å². The molecule has 4 aromatic rings. The number of amides is 3. The number of hydrogen-bond acceptors (Lipinski definition) is 8. The molecule has 11 nitrogen and oxygen atoms in total. The number of nitrogens with zero attached hydrogens (tertiary/aromatic N) is 5. The number of anilines is 6. The average molecular weight is 649 g/mol. The number of benzene rings is 3. The number of likely N-dealkylation sites (N-methyl/N-ethyl adjacent to an activating group) is 1. The van der Waals surface area contributed by atoms with Crippen molar-refractivity contribution < 1.29 is 27.5 Å². The number of aryl methyl sites for hydroxylation is 1. The Kier molecular flexibility index (Phi) is 9.80. The highest BCUT2D eigenvalue weighted by molar-refractivity contribution is 6.05. The van der Waals surface area contributed by atoms with Crippen molar-refractivity contribution in [3.8, 4) is 5.75 Å². The number of alkyl halides is 3. The smallest absolute Gasteiger partial charge is 0.416 e. The van der Waals surface area contributed by atoms with Crippen LogP contribution in [0.25, 0.3) is 0 Å². The van der Waals surface area contributed by atoms with E-state index in [-0.39, 0.29) is 22.5 Å². The largest absolute Gasteiger partial charge is 0.497 e. The molecule has 1 saturated heterocycles. The summed E-state index contributed by atoms with van der Waals surface area (Å²) in [5.74, 6) is 0.337. The maximum absolute atomic E-state index is 13.4. The van der Waals surface area contributed by atoms with Gasteiger partial charge in [0, 0.05) is 79.7 Å². The number of rotatable bonds is 8. The molecule has 0 aliphatic carbocycles. The first kappa shape index (κ1) is 33.0. The van der Waals surface area contributed by atoms with Gasteiger partial charge in [0.1, 0.15) is 23.7 Å². The lowest BCUT2D eigenvalue weighted by molar-refractivity contribution is -0.138. The van der Waals surface area contributed by atoms with Crippen LogP contribution in [0.1, 0.15) is 21.5 Å². The van der Waals surface area contributed by atoms with Crippen molar-refractivity contribution in [3.05, 3.63) is 89.7 Å². The fraction of sp³-hybridized carbons (Fsp3) is 0.273. The van der Waals surface area contributed by atoms with Crippen molar-refractivity contribution in [3.63, 3.8) is 0 Å². The van der Waals surface area contributed by atoms with E-state index in [1.54, 1.807) is 6.07 Å². The van der Waals surface area contributed by atoms with E-state index in [4.69, 9.17) is 4.74 Å². The summed E-state index contributed by atoms with van der Waals surface area (Å²) < 4.78 is 45.4. The van der Waals surface area contributed by atoms with Gasteiger partial charge in [-0.2, -0.15) is 13.2 Å². The number of urea groups is 1. The van der Waals surface area contributed by atoms with Crippen molar-refractivity contribution in [2.75, 3.05) is 73.1 Å². The highest BCUT2D eigenvalue weighted by Gasteiger charge is 2.33. The highest BCUT2D eigenvalue weighted by atomic mass is 19.4. The van der Waals surface area contributed by atoms with Gasteiger partial charge in [-0.1, -0.05) is 6.07 Å². The molecule has 0 spiro atoms. The minimum absolute atomic E-state index is 0.00603. The number of piperazine rings is 1. The third kappa shape index (κ3) is 8.27. The van der Waals surface area contributed by atoms with Crippen LogP contribution in [0.3, 0.4) is 0 Å². The van der Waals surface area contributed by atoms with Crippen LogP contribution in [0.2, 0.25) is 0 Å². The van der Waals surface area contributed by atoms with Crippen LogP contribution in [0.15, 0.2) is 73.1 Å². The monoisotopic (exact) mass is 648 g/mol. The van der Waals surface area contributed by atoms with Gasteiger partial charge in [0.05, 0.1) is 12.7 Å². The van der Waals surface area contributed by atoms with Gasteiger partial charge in [-0.15, -0.1) is 0 Å². The minimum Gasteiger partial charge on any atom is -0.497 e. The molecule has 0 bridgehead atoms. The molecule has 3 aromatic carbocycles. The molecule has 0 atom stereocenters. The molecule has 1 fully saturated rings. The van der Waals surface area contributed by atoms with Gasteiger partial charge in [0.25, 0.3) is 5.91 Å². The van der Waals surface area contributed by atoms with Crippen molar-refractivity contribution in [1.29, 1.82) is 0 Å². The van der Waals surface area contributed by atoms with Gasteiger partial charge in [-0.3, -0.25) is 9.69 Å². The first-order valence-corrected chi connectivity index (χ1v) is 14.8. The number of carbonyl (C=O) groups is 2. The molecule has 1 aliphatic heterocycles. The van der Waals surface area contributed by atoms with Crippen molar-refractivity contribution >= 4 is 46.3 Å². The van der Waals surface area contributed by atoms with Gasteiger partial charge < -0.3 is 30.5 Å². The zero-order valence-electron chi connectivity index (χ0n) is 26.4. The Balaban J connectivity index is 1.24. The van der Waals surface area contributed by atoms with Crippen LogP contribution >= 0.6 is 0 Å². The third-order valence-corrected chi connectivity index (χ3v) is 7.77. The number of nitrogens with one attached hydrogen (secondary N) is 3. The van der Waals surface area contributed by atoms with E-state index in [1.165, 1.54) is 62.6 Å². The summed E-state index contributed by atoms with van der Waals surface area (Å²) in [5.41, 5.74) is 1.38. The lowest BCUT2D eigenvalue weighted by Crippen LogP contribution is -2.44. The van der Waals surface area contributed by atoms with Crippen LogP contribution in [0, 0.1) is 6.92 Å². The highest BCUT2D eigenvalue weighted by Crippen LogP contribution is 2.33. The normalized spacial score (nSPS) is 13.6. The van der Waals surface area contributed by atoms with Crippen LogP contribution in [-0.4, -0.2) is 74.2 Å². The molecule has 3 N–H and O–H groups in total. The lowest BCUT2D eigenvalue weighted by Gasteiger charge is -2.34. The Labute approximate surface area is 270 Å². The molecule has 0 unspecified atom stereocenters. The number of carbonyl (C=O) groups excluding carboxylic acids is 2. The maximum Gasteiger partial charge on any atom is 0.416 e. The van der Waals surface area contributed by atoms with Crippen molar-refractivity contribution in [2.24, 2.45) is 0 Å². The van der Waals surface area contributed by atoms with Crippen LogP contribution in [0.4, 0.5) is 52.4 Å². The van der Waals surface area contributed by atoms with E-state index >= 15 is 0 Å². The summed E-state index contributed by atoms with van der Waals surface area (Å²) in [6.07, 6.45) is -3.26. The number of hydrogen-bond donors (Lipinski definition) is 3. The molecular weight excluding hydrogens is 613 g/mol. The Morgan fingerprint density at radius 3 is 2.21 bits per heavy atom. The molecule has 5 rings (SSSR count). The number of ether oxygens (including phenoxy) is 1. The second-order valence-corrected chi connectivity index (χ2v) is 11.1. The van der Waals surface area contributed by atoms with E-state index in [0.29, 0.717) is 17.4 Å². The molecule has 0 radical (unpaired) electrons. The first-order valence-electron chi connectivity index (χ1n) is 14.8. The van der Waals surface area contributed by atoms with Crippen molar-refractivity contribution in [2.45, 2.75) is 13.1 Å². The maximum atomic E-state index is 13.4. The summed E-state index contributed by atoms with van der Waals surface area (Å²) in [7, 11) is 5.06. The molecule has 2 heterocycles. The second kappa shape index (κ2) is 14.0. The SMILES string of the molecule is COc1cc(NC(=O)c2ccc(C)c(C(F)(F)F)c2)cc(NC(=O)N(C)c2cc(Nc3ccc(N4CCN(C)CC4)cc3)ncn2)c1. The number of methoxy groups -OCH3 is 1. The molecule has 47 heavy (non-hydrogen) atoms. The Hall–Kier alpha value is -5.37. The molecule has 246 valence electrons. The quantitative estimate of drug-likeness (QED) is 0.206. The predicted molar refractivity (Wildman–Crippen MR) is 176 cm³/mol. The molecule has 1 aliphatic rings. The molecular formula is C33H35F3N8O3. The van der Waals surface area contributed by atoms with E-state index < -0.39 is 23.7 Å². The summed E-state index contributed by atoms with van der Waals surface area (Å²) in [5, 5.41) is 8.55. The first-order chi connectivity index (χ1) is 22.4. The average Bonchev–Trinajstić information content (AvgIpc) is 3.04. The van der Waals surface area contributed by atoms with Gasteiger partial charge in [-0.05, 0) is 62.0 Å². The number of halogens is 3. The lowest BCUT2D eigenvalue weighted by atomic mass is 10.0. The van der Waals surface area contributed by atoms with Gasteiger partial charge >= 0.3 is 12.2 Å². The Morgan fingerprint density at radius 1 is 0.872 bits per heavy atom. The van der Waals surface area contributed by atoms with Gasteiger partial charge in [0.2, 0.25) is 0 Å². The van der Waals surface area contributed by atoms with E-state index in [2.05, 4.69) is 54.9 Å². The molecule has 1 aromatic heterocycles. The van der Waals surface area contributed by atoms with E-state index in [0.717, 1.165) is 43.6 Å². The minimum atomic E-state index is -4.60. The summed E-state index contributed by atoms with van der Waals surface area (Å²) in [6, 6.07) is 17.0. The van der Waals surface area contributed by atoms with Crippen molar-refractivity contribution in [1.82, 2.24) is 14.9 Å². The third-order valence-electron chi connectivity index (χ3n) is 7.77. The number of aromatic nitrogens is 2. The topological polar surface area (TPSA) is 115 Å². The standard InChI is InChI=1S/C33H35F3N8O3/c1-21-5-6-22(15-28(21)33(34,35)36)31(45)40-24-16-25(18-27(17-24)47-4)41-32(46)43(3)30-19-29(37-20-38-30)39-23-7-9-26(10-8-23)44-13-11-42(2)12-14-44/h5-10,15-20H,11-14H2,1-4H3,(H,40,45)(H,41,46)(H,37,38,39). The van der Waals surface area contributed by atoms with E-state index in [9.17, 15) is 22.8 Å². The predicted octanol–water partition coefficient (Wildman–Crippen LogP) is 6.23. The fourth-order valence-corrected chi connectivity index (χ4v) is 5.01. The molecule has 14 heteroatoms. The molecule has 3 amide bonds. The molecule has 0 saturated carbocycles. The van der Waals surface area contributed by atoms with Crippen LogP contribution in [-0.2, 0) is 6.18 Å². The zero-order chi connectivity index (χ0) is 33.7. The fourth-order valence-electron chi connectivity index (χ4n) is 5.01. The summed E-state index contributed by atoms with van der Waals surface area (Å²) in [6.45, 7) is 5.30. The second-order valence-electron chi connectivity index (χ2n) is 11.1. The van der Waals surface area contributed by atoms with Crippen LogP contribution < -0.4 is 30.5 Å². The van der Waals surface area contributed by atoms with Crippen LogP contribution in [0.5, 0.6) is 5.75 Å². The Morgan fingerprint density at radius 2 is 1.55 bits per heavy atom. The summed E-state index contributed by atoms with van der Waals surface area (Å²) in [4.78, 5) is 40.5.